The van der Waals surface area contributed by atoms with Crippen molar-refractivity contribution in [1.29, 1.82) is 0 Å². The van der Waals surface area contributed by atoms with Crippen LogP contribution in [0.2, 0.25) is 0 Å². The van der Waals surface area contributed by atoms with Gasteiger partial charge in [-0.15, -0.1) is 0 Å². The number of amides is 1. The van der Waals surface area contributed by atoms with Crippen LogP contribution in [-0.2, 0) is 33.8 Å². The molecule has 6 heteroatoms. The summed E-state index contributed by atoms with van der Waals surface area (Å²) < 4.78 is 13.4. The van der Waals surface area contributed by atoms with E-state index >= 15 is 0 Å². The van der Waals surface area contributed by atoms with Crippen LogP contribution in [0.3, 0.4) is 0 Å². The van der Waals surface area contributed by atoms with Gasteiger partial charge >= 0.3 is 0 Å². The molecular formula is C28H35N3O3. The van der Waals surface area contributed by atoms with E-state index in [2.05, 4.69) is 64.6 Å². The van der Waals surface area contributed by atoms with Gasteiger partial charge in [-0.05, 0) is 48.4 Å². The van der Waals surface area contributed by atoms with Crippen molar-refractivity contribution in [3.8, 4) is 0 Å². The topological polar surface area (TPSA) is 55.7 Å². The quantitative estimate of drug-likeness (QED) is 0.467. The summed E-state index contributed by atoms with van der Waals surface area (Å²) in [5.41, 5.74) is 5.06. The first kappa shape index (κ1) is 23.1. The lowest BCUT2D eigenvalue weighted by molar-refractivity contribution is -0.146. The van der Waals surface area contributed by atoms with Crippen LogP contribution in [0.1, 0.15) is 36.0 Å². The highest BCUT2D eigenvalue weighted by atomic mass is 16.5. The molecule has 2 fully saturated rings. The van der Waals surface area contributed by atoms with Gasteiger partial charge in [0.2, 0.25) is 0 Å². The maximum absolute atomic E-state index is 13.2. The molecule has 0 spiro atoms. The number of morpholine rings is 1. The molecule has 1 N–H and O–H groups in total. The number of methoxy groups -OCH3 is 1. The largest absolute Gasteiger partial charge is 0.385 e. The number of ether oxygens (including phenoxy) is 2. The van der Waals surface area contributed by atoms with E-state index in [0.717, 1.165) is 45.4 Å². The van der Waals surface area contributed by atoms with Crippen LogP contribution in [0.4, 0.5) is 0 Å². The number of nitrogens with one attached hydrogen (secondary N) is 1. The Bertz CT molecular complexity index is 1100. The zero-order chi connectivity index (χ0) is 23.3. The smallest absolute Gasteiger partial charge is 0.253 e. The number of nitrogens with zero attached hydrogens (tertiary/aromatic N) is 2. The molecule has 0 radical (unpaired) electrons. The minimum atomic E-state index is -0.367. The van der Waals surface area contributed by atoms with Crippen molar-refractivity contribution in [3.63, 3.8) is 0 Å². The molecule has 34 heavy (non-hydrogen) atoms. The molecule has 6 nitrogen and oxygen atoms in total. The highest BCUT2D eigenvalue weighted by Crippen LogP contribution is 2.31. The number of aryl methyl sites for hydroxylation is 1. The van der Waals surface area contributed by atoms with Crippen LogP contribution in [0, 0.1) is 0 Å². The predicted molar refractivity (Wildman–Crippen MR) is 134 cm³/mol. The summed E-state index contributed by atoms with van der Waals surface area (Å²) in [5.74, 6) is 0.120. The van der Waals surface area contributed by atoms with E-state index in [-0.39, 0.29) is 12.0 Å². The average Bonchev–Trinajstić information content (AvgIpc) is 3.67. The molecule has 0 bridgehead atoms. The molecule has 1 saturated carbocycles. The summed E-state index contributed by atoms with van der Waals surface area (Å²) in [5, 5.41) is 4.57. The highest BCUT2D eigenvalue weighted by Gasteiger charge is 2.36. The Hall–Kier alpha value is -2.67. The number of carbonyl (C=O) groups excluding carboxylic acids is 1. The van der Waals surface area contributed by atoms with Gasteiger partial charge in [0.1, 0.15) is 6.10 Å². The van der Waals surface area contributed by atoms with E-state index in [9.17, 15) is 4.79 Å². The Morgan fingerprint density at radius 2 is 2.03 bits per heavy atom. The standard InChI is InChI=1S/C28H35N3O3/c1-33-14-5-13-30-20-23(16-21-6-3-2-4-7-21)25-11-8-22(17-26(25)30)19-31(24-9-10-24)28(32)27-18-29-12-15-34-27/h2-4,6-8,11,17,20,24,27,29H,5,9-10,12-16,18-19H2,1H3/t27-/m1/s1. The Labute approximate surface area is 201 Å². The van der Waals surface area contributed by atoms with E-state index in [1.165, 1.54) is 27.6 Å². The molecule has 1 aromatic heterocycles. The summed E-state index contributed by atoms with van der Waals surface area (Å²) >= 11 is 0. The molecule has 1 amide bonds. The van der Waals surface area contributed by atoms with E-state index in [1.807, 2.05) is 4.90 Å². The second-order valence-electron chi connectivity index (χ2n) is 9.47. The second kappa shape index (κ2) is 10.7. The van der Waals surface area contributed by atoms with E-state index in [1.54, 1.807) is 7.11 Å². The van der Waals surface area contributed by atoms with Gasteiger partial charge in [0, 0.05) is 63.0 Å². The first-order chi connectivity index (χ1) is 16.7. The van der Waals surface area contributed by atoms with Gasteiger partial charge in [0.05, 0.1) is 6.61 Å². The Balaban J connectivity index is 1.41. The minimum Gasteiger partial charge on any atom is -0.385 e. The lowest BCUT2D eigenvalue weighted by Crippen LogP contribution is -2.49. The number of hydrogen-bond donors (Lipinski definition) is 1. The van der Waals surface area contributed by atoms with Crippen molar-refractivity contribution in [2.24, 2.45) is 0 Å². The lowest BCUT2D eigenvalue weighted by atomic mass is 10.0. The fraction of sp³-hybridized carbons (Fsp3) is 0.464. The second-order valence-corrected chi connectivity index (χ2v) is 9.47. The number of aromatic nitrogens is 1. The van der Waals surface area contributed by atoms with Crippen LogP contribution < -0.4 is 5.32 Å². The van der Waals surface area contributed by atoms with Gasteiger partial charge in [-0.1, -0.05) is 42.5 Å². The van der Waals surface area contributed by atoms with Gasteiger partial charge in [-0.3, -0.25) is 4.79 Å². The summed E-state index contributed by atoms with van der Waals surface area (Å²) in [6.07, 6.45) is 5.97. The molecule has 2 aliphatic rings. The molecule has 0 unspecified atom stereocenters. The monoisotopic (exact) mass is 461 g/mol. The first-order valence-electron chi connectivity index (χ1n) is 12.5. The number of rotatable bonds is 10. The fourth-order valence-corrected chi connectivity index (χ4v) is 4.91. The van der Waals surface area contributed by atoms with Crippen LogP contribution in [0.25, 0.3) is 10.9 Å². The fourth-order valence-electron chi connectivity index (χ4n) is 4.91. The third kappa shape index (κ3) is 5.35. The molecule has 1 saturated heterocycles. The molecule has 1 aliphatic carbocycles. The number of hydrogen-bond acceptors (Lipinski definition) is 4. The number of carbonyl (C=O) groups is 1. The molecule has 3 aromatic rings. The number of fused-ring (bicyclic) bond motifs is 1. The van der Waals surface area contributed by atoms with Crippen molar-refractivity contribution < 1.29 is 14.3 Å². The molecule has 180 valence electrons. The Kier molecular flexibility index (Phi) is 7.28. The molecule has 1 aliphatic heterocycles. The van der Waals surface area contributed by atoms with E-state index in [0.29, 0.717) is 25.7 Å². The zero-order valence-corrected chi connectivity index (χ0v) is 20.0. The molecule has 2 aromatic carbocycles. The maximum atomic E-state index is 13.2. The van der Waals surface area contributed by atoms with Gasteiger partial charge in [-0.25, -0.2) is 0 Å². The van der Waals surface area contributed by atoms with Gasteiger partial charge < -0.3 is 24.3 Å². The van der Waals surface area contributed by atoms with Crippen molar-refractivity contribution in [2.45, 2.75) is 50.9 Å². The Morgan fingerprint density at radius 3 is 2.76 bits per heavy atom. The highest BCUT2D eigenvalue weighted by molar-refractivity contribution is 5.85. The van der Waals surface area contributed by atoms with Crippen LogP contribution >= 0.6 is 0 Å². The SMILES string of the molecule is COCCCn1cc(Cc2ccccc2)c2ccc(CN(C(=O)[C@H]3CNCCO3)C3CC3)cc21. The van der Waals surface area contributed by atoms with Crippen LogP contribution in [-0.4, -0.2) is 60.9 Å². The van der Waals surface area contributed by atoms with Crippen molar-refractivity contribution >= 4 is 16.8 Å². The van der Waals surface area contributed by atoms with E-state index < -0.39 is 0 Å². The normalized spacial score (nSPS) is 18.3. The summed E-state index contributed by atoms with van der Waals surface area (Å²) in [4.78, 5) is 15.3. The maximum Gasteiger partial charge on any atom is 0.253 e. The molecular weight excluding hydrogens is 426 g/mol. The molecule has 2 heterocycles. The third-order valence-corrected chi connectivity index (χ3v) is 6.84. The van der Waals surface area contributed by atoms with Gasteiger partial charge in [0.15, 0.2) is 0 Å². The van der Waals surface area contributed by atoms with Crippen LogP contribution in [0.15, 0.2) is 54.7 Å². The van der Waals surface area contributed by atoms with Crippen molar-refractivity contribution in [3.05, 3.63) is 71.4 Å². The predicted octanol–water partition coefficient (Wildman–Crippen LogP) is 3.75. The minimum absolute atomic E-state index is 0.120. The molecule has 1 atom stereocenters. The Morgan fingerprint density at radius 1 is 1.18 bits per heavy atom. The summed E-state index contributed by atoms with van der Waals surface area (Å²) in [6, 6.07) is 17.7. The zero-order valence-electron chi connectivity index (χ0n) is 20.0. The van der Waals surface area contributed by atoms with Crippen molar-refractivity contribution in [1.82, 2.24) is 14.8 Å². The number of benzene rings is 2. The lowest BCUT2D eigenvalue weighted by Gasteiger charge is -2.30. The summed E-state index contributed by atoms with van der Waals surface area (Å²) in [6.45, 7) is 4.31. The summed E-state index contributed by atoms with van der Waals surface area (Å²) in [7, 11) is 1.75. The van der Waals surface area contributed by atoms with Crippen LogP contribution in [0.5, 0.6) is 0 Å². The first-order valence-corrected chi connectivity index (χ1v) is 12.5. The van der Waals surface area contributed by atoms with Gasteiger partial charge in [0.25, 0.3) is 5.91 Å². The van der Waals surface area contributed by atoms with E-state index in [4.69, 9.17) is 9.47 Å². The molecule has 5 rings (SSSR count). The average molecular weight is 462 g/mol. The van der Waals surface area contributed by atoms with Gasteiger partial charge in [-0.2, -0.15) is 0 Å². The third-order valence-electron chi connectivity index (χ3n) is 6.84. The van der Waals surface area contributed by atoms with Crippen molar-refractivity contribution in [2.75, 3.05) is 33.4 Å².